The molecule has 0 amide bonds. The summed E-state index contributed by atoms with van der Waals surface area (Å²) in [6.07, 6.45) is 1.60. The molecule has 9 heteroatoms. The SMILES string of the molecule is COC(=O)C1C2c3ccccc3O[C@@]1(C)N=c1s/c(=C\c3cccc(OC)c3O)c(=O)n12. The summed E-state index contributed by atoms with van der Waals surface area (Å²) in [4.78, 5) is 31.4. The van der Waals surface area contributed by atoms with E-state index in [0.717, 1.165) is 0 Å². The molecule has 0 aliphatic carbocycles. The van der Waals surface area contributed by atoms with Crippen LogP contribution in [-0.4, -0.2) is 35.6 Å². The third-order valence-corrected chi connectivity index (χ3v) is 6.85. The van der Waals surface area contributed by atoms with Crippen LogP contribution in [0.4, 0.5) is 0 Å². The number of methoxy groups -OCH3 is 2. The lowest BCUT2D eigenvalue weighted by molar-refractivity contribution is -0.158. The molecule has 1 aromatic heterocycles. The first kappa shape index (κ1) is 20.3. The molecule has 164 valence electrons. The molecule has 2 aliphatic heterocycles. The Labute approximate surface area is 186 Å². The summed E-state index contributed by atoms with van der Waals surface area (Å²) in [5, 5.41) is 10.4. The number of carbonyl (C=O) groups excluding carboxylic acids is 1. The fourth-order valence-corrected chi connectivity index (χ4v) is 5.48. The van der Waals surface area contributed by atoms with Gasteiger partial charge in [0.05, 0.1) is 24.8 Å². The maximum Gasteiger partial charge on any atom is 0.317 e. The smallest absolute Gasteiger partial charge is 0.317 e. The van der Waals surface area contributed by atoms with Crippen LogP contribution in [0.3, 0.4) is 0 Å². The van der Waals surface area contributed by atoms with Gasteiger partial charge in [-0.25, -0.2) is 4.99 Å². The van der Waals surface area contributed by atoms with Gasteiger partial charge in [-0.3, -0.25) is 14.2 Å². The Hall–Kier alpha value is -3.59. The zero-order chi connectivity index (χ0) is 22.6. The number of ether oxygens (including phenoxy) is 3. The summed E-state index contributed by atoms with van der Waals surface area (Å²) in [7, 11) is 2.77. The first-order valence-electron chi connectivity index (χ1n) is 9.92. The molecule has 0 saturated heterocycles. The number of benzene rings is 2. The summed E-state index contributed by atoms with van der Waals surface area (Å²) < 4.78 is 18.3. The molecule has 0 spiro atoms. The molecule has 32 heavy (non-hydrogen) atoms. The zero-order valence-electron chi connectivity index (χ0n) is 17.6. The van der Waals surface area contributed by atoms with Gasteiger partial charge in [0.15, 0.2) is 16.3 Å². The number of rotatable bonds is 3. The number of nitrogens with zero attached hydrogens (tertiary/aromatic N) is 2. The third kappa shape index (κ3) is 2.85. The number of carbonyl (C=O) groups is 1. The highest BCUT2D eigenvalue weighted by Gasteiger charge is 2.55. The molecule has 0 saturated carbocycles. The standard InChI is InChI=1S/C23H20N2O6S/c1-23-17(21(28)30-3)18(13-8-4-5-9-14(13)31-23)25-20(27)16(32-22(25)24-23)11-12-7-6-10-15(29-2)19(12)26/h4-11,17-18,26H,1-3H3/b16-11-/t17?,18?,23-/m1/s1. The van der Waals surface area contributed by atoms with Gasteiger partial charge >= 0.3 is 5.97 Å². The first-order chi connectivity index (χ1) is 15.4. The molecular formula is C23H20N2O6S. The number of hydrogen-bond acceptors (Lipinski definition) is 8. The van der Waals surface area contributed by atoms with E-state index < -0.39 is 23.7 Å². The number of hydrogen-bond donors (Lipinski definition) is 1. The van der Waals surface area contributed by atoms with Crippen molar-refractivity contribution in [3.05, 3.63) is 73.3 Å². The van der Waals surface area contributed by atoms with E-state index >= 15 is 0 Å². The van der Waals surface area contributed by atoms with Crippen LogP contribution in [0, 0.1) is 5.92 Å². The van der Waals surface area contributed by atoms with Gasteiger partial charge in [-0.15, -0.1) is 0 Å². The Kier molecular flexibility index (Phi) is 4.59. The zero-order valence-corrected chi connectivity index (χ0v) is 18.4. The van der Waals surface area contributed by atoms with Gasteiger partial charge in [0.25, 0.3) is 5.56 Å². The van der Waals surface area contributed by atoms with Crippen molar-refractivity contribution in [2.45, 2.75) is 18.7 Å². The average molecular weight is 452 g/mol. The molecule has 0 fully saturated rings. The summed E-state index contributed by atoms with van der Waals surface area (Å²) in [6, 6.07) is 11.7. The number of fused-ring (bicyclic) bond motifs is 6. The largest absolute Gasteiger partial charge is 0.504 e. The Balaban J connectivity index is 1.79. The quantitative estimate of drug-likeness (QED) is 0.606. The lowest BCUT2D eigenvalue weighted by atomic mass is 9.81. The van der Waals surface area contributed by atoms with E-state index in [1.807, 2.05) is 18.2 Å². The van der Waals surface area contributed by atoms with Crippen molar-refractivity contribution < 1.29 is 24.1 Å². The monoisotopic (exact) mass is 452 g/mol. The van der Waals surface area contributed by atoms with E-state index in [9.17, 15) is 14.7 Å². The molecule has 1 N–H and O–H groups in total. The van der Waals surface area contributed by atoms with E-state index in [1.54, 1.807) is 37.3 Å². The van der Waals surface area contributed by atoms with Crippen molar-refractivity contribution in [2.24, 2.45) is 10.9 Å². The van der Waals surface area contributed by atoms with Crippen LogP contribution in [0.1, 0.15) is 24.1 Å². The number of para-hydroxylation sites is 2. The molecule has 8 nitrogen and oxygen atoms in total. The Morgan fingerprint density at radius 3 is 2.78 bits per heavy atom. The summed E-state index contributed by atoms with van der Waals surface area (Å²) in [5.74, 6) is -0.518. The molecule has 2 bridgehead atoms. The van der Waals surface area contributed by atoms with E-state index in [1.165, 1.54) is 30.1 Å². The van der Waals surface area contributed by atoms with Gasteiger partial charge in [0.2, 0.25) is 5.72 Å². The second-order valence-corrected chi connectivity index (χ2v) is 8.73. The number of phenolic OH excluding ortho intramolecular Hbond substituents is 1. The Morgan fingerprint density at radius 1 is 1.25 bits per heavy atom. The van der Waals surface area contributed by atoms with Crippen LogP contribution in [0.15, 0.2) is 52.3 Å². The van der Waals surface area contributed by atoms with Crippen LogP contribution in [0.5, 0.6) is 17.2 Å². The maximum atomic E-state index is 13.5. The molecular weight excluding hydrogens is 432 g/mol. The fraction of sp³-hybridized carbons (Fsp3) is 0.261. The van der Waals surface area contributed by atoms with Gasteiger partial charge in [-0.05, 0) is 25.1 Å². The Bertz CT molecular complexity index is 1420. The molecule has 3 aromatic rings. The predicted octanol–water partition coefficient (Wildman–Crippen LogP) is 1.57. The highest BCUT2D eigenvalue weighted by Crippen LogP contribution is 2.47. The molecule has 2 unspecified atom stereocenters. The molecule has 0 radical (unpaired) electrons. The van der Waals surface area contributed by atoms with Crippen LogP contribution in [0.2, 0.25) is 0 Å². The van der Waals surface area contributed by atoms with Crippen molar-refractivity contribution in [3.8, 4) is 17.2 Å². The third-order valence-electron chi connectivity index (χ3n) is 5.87. The number of esters is 1. The summed E-state index contributed by atoms with van der Waals surface area (Å²) >= 11 is 1.17. The topological polar surface area (TPSA) is 99.4 Å². The summed E-state index contributed by atoms with van der Waals surface area (Å²) in [6.45, 7) is 1.72. The van der Waals surface area contributed by atoms with E-state index in [-0.39, 0.29) is 11.3 Å². The second-order valence-electron chi connectivity index (χ2n) is 7.72. The molecule has 5 rings (SSSR count). The number of aromatic hydroxyl groups is 1. The van der Waals surface area contributed by atoms with Gasteiger partial charge in [-0.2, -0.15) is 0 Å². The lowest BCUT2D eigenvalue weighted by Crippen LogP contribution is -2.58. The number of aromatic nitrogens is 1. The average Bonchev–Trinajstić information content (AvgIpc) is 3.07. The molecule has 3 heterocycles. The lowest BCUT2D eigenvalue weighted by Gasteiger charge is -2.44. The van der Waals surface area contributed by atoms with Crippen molar-refractivity contribution >= 4 is 23.4 Å². The van der Waals surface area contributed by atoms with Crippen molar-refractivity contribution in [1.82, 2.24) is 4.57 Å². The normalized spacial score (nSPS) is 23.4. The van der Waals surface area contributed by atoms with Crippen molar-refractivity contribution in [2.75, 3.05) is 14.2 Å². The minimum Gasteiger partial charge on any atom is -0.504 e. The minimum absolute atomic E-state index is 0.0606. The number of thiazole rings is 1. The van der Waals surface area contributed by atoms with E-state index in [2.05, 4.69) is 4.99 Å². The minimum atomic E-state index is -1.22. The van der Waals surface area contributed by atoms with Gasteiger partial charge in [0, 0.05) is 11.1 Å². The van der Waals surface area contributed by atoms with E-state index in [0.29, 0.717) is 32.0 Å². The van der Waals surface area contributed by atoms with Gasteiger partial charge in [0.1, 0.15) is 11.7 Å². The summed E-state index contributed by atoms with van der Waals surface area (Å²) in [5.41, 5.74) is -0.379. The molecule has 3 atom stereocenters. The number of phenols is 1. The molecule has 2 aromatic carbocycles. The first-order valence-corrected chi connectivity index (χ1v) is 10.7. The fourth-order valence-electron chi connectivity index (χ4n) is 4.39. The van der Waals surface area contributed by atoms with Crippen LogP contribution >= 0.6 is 11.3 Å². The van der Waals surface area contributed by atoms with Crippen LogP contribution in [-0.2, 0) is 9.53 Å². The van der Waals surface area contributed by atoms with Gasteiger partial charge < -0.3 is 19.3 Å². The van der Waals surface area contributed by atoms with Crippen LogP contribution < -0.4 is 24.4 Å². The van der Waals surface area contributed by atoms with Crippen LogP contribution in [0.25, 0.3) is 6.08 Å². The van der Waals surface area contributed by atoms with E-state index in [4.69, 9.17) is 14.2 Å². The molecule has 2 aliphatic rings. The van der Waals surface area contributed by atoms with Crippen molar-refractivity contribution in [3.63, 3.8) is 0 Å². The highest BCUT2D eigenvalue weighted by atomic mass is 32.1. The van der Waals surface area contributed by atoms with Gasteiger partial charge in [-0.1, -0.05) is 41.7 Å². The van der Waals surface area contributed by atoms with Crippen molar-refractivity contribution in [1.29, 1.82) is 0 Å². The second kappa shape index (κ2) is 7.23. The highest BCUT2D eigenvalue weighted by molar-refractivity contribution is 7.07. The maximum absolute atomic E-state index is 13.5. The predicted molar refractivity (Wildman–Crippen MR) is 117 cm³/mol. The Morgan fingerprint density at radius 2 is 2.03 bits per heavy atom.